The summed E-state index contributed by atoms with van der Waals surface area (Å²) in [5.41, 5.74) is 1.53. The summed E-state index contributed by atoms with van der Waals surface area (Å²) in [4.78, 5) is 17.7. The summed E-state index contributed by atoms with van der Waals surface area (Å²) in [5.74, 6) is 1.28. The number of aliphatic imine (C=N–C) groups is 1. The molecule has 1 aromatic rings. The molecule has 0 fully saturated rings. The molecule has 0 aliphatic rings. The molecule has 1 amide bonds. The van der Waals surface area contributed by atoms with Gasteiger partial charge >= 0.3 is 0 Å². The number of hydrogen-bond acceptors (Lipinski definition) is 3. The highest BCUT2D eigenvalue weighted by Gasteiger charge is 2.06. The second kappa shape index (κ2) is 12.3. The molecular formula is C16H26FIN4OS. The van der Waals surface area contributed by atoms with Crippen LogP contribution in [0.5, 0.6) is 0 Å². The van der Waals surface area contributed by atoms with E-state index < -0.39 is 0 Å². The van der Waals surface area contributed by atoms with Gasteiger partial charge in [-0.1, -0.05) is 12.1 Å². The van der Waals surface area contributed by atoms with Crippen LogP contribution in [0.15, 0.2) is 23.2 Å². The SMILES string of the molecule is CSCCNC(=NCc1ccc(F)c(C)c1)NCC(=O)N(C)C.I. The first kappa shape index (κ1) is 23.0. The van der Waals surface area contributed by atoms with E-state index in [0.717, 1.165) is 17.9 Å². The van der Waals surface area contributed by atoms with Gasteiger partial charge in [-0.05, 0) is 30.4 Å². The topological polar surface area (TPSA) is 56.7 Å². The second-order valence-corrected chi connectivity index (χ2v) is 6.30. The number of halogens is 2. The molecule has 0 bridgehead atoms. The maximum absolute atomic E-state index is 13.3. The molecule has 0 spiro atoms. The number of guanidine groups is 1. The Balaban J connectivity index is 0.00000529. The third kappa shape index (κ3) is 8.72. The number of rotatable bonds is 7. The fourth-order valence-electron chi connectivity index (χ4n) is 1.74. The van der Waals surface area contributed by atoms with Crippen LogP contribution in [0.4, 0.5) is 4.39 Å². The van der Waals surface area contributed by atoms with Crippen molar-refractivity contribution in [2.75, 3.05) is 39.2 Å². The van der Waals surface area contributed by atoms with Gasteiger partial charge in [0.2, 0.25) is 5.91 Å². The van der Waals surface area contributed by atoms with Crippen molar-refractivity contribution >= 4 is 47.6 Å². The minimum atomic E-state index is -0.217. The van der Waals surface area contributed by atoms with Crippen LogP contribution in [-0.2, 0) is 11.3 Å². The highest BCUT2D eigenvalue weighted by molar-refractivity contribution is 14.0. The quantitative estimate of drug-likeness (QED) is 0.279. The van der Waals surface area contributed by atoms with Crippen molar-refractivity contribution in [3.05, 3.63) is 35.1 Å². The summed E-state index contributed by atoms with van der Waals surface area (Å²) in [7, 11) is 3.42. The number of aryl methyl sites for hydroxylation is 1. The van der Waals surface area contributed by atoms with Gasteiger partial charge in [-0.2, -0.15) is 11.8 Å². The molecule has 1 rings (SSSR count). The van der Waals surface area contributed by atoms with Crippen molar-refractivity contribution in [3.8, 4) is 0 Å². The maximum atomic E-state index is 13.3. The van der Waals surface area contributed by atoms with Crippen LogP contribution in [0.1, 0.15) is 11.1 Å². The number of nitrogens with one attached hydrogen (secondary N) is 2. The molecular weight excluding hydrogens is 442 g/mol. The zero-order valence-electron chi connectivity index (χ0n) is 14.6. The van der Waals surface area contributed by atoms with Gasteiger partial charge in [0.25, 0.3) is 0 Å². The van der Waals surface area contributed by atoms with Crippen molar-refractivity contribution in [2.45, 2.75) is 13.5 Å². The van der Waals surface area contributed by atoms with Crippen LogP contribution >= 0.6 is 35.7 Å². The van der Waals surface area contributed by atoms with Crippen LogP contribution in [0.3, 0.4) is 0 Å². The zero-order chi connectivity index (χ0) is 17.2. The Morgan fingerprint density at radius 2 is 2.04 bits per heavy atom. The standard InChI is InChI=1S/C16H25FN4OS.HI/c1-12-9-13(5-6-14(12)17)10-19-16(18-7-8-23-4)20-11-15(22)21(2)3;/h5-6,9H,7-8,10-11H2,1-4H3,(H2,18,19,20);1H. The van der Waals surface area contributed by atoms with Crippen LogP contribution in [0.2, 0.25) is 0 Å². The average molecular weight is 468 g/mol. The molecule has 0 aliphatic carbocycles. The molecule has 0 saturated heterocycles. The molecule has 24 heavy (non-hydrogen) atoms. The van der Waals surface area contributed by atoms with Gasteiger partial charge in [0.05, 0.1) is 13.1 Å². The van der Waals surface area contributed by atoms with Gasteiger partial charge < -0.3 is 15.5 Å². The number of amides is 1. The van der Waals surface area contributed by atoms with Crippen molar-refractivity contribution in [3.63, 3.8) is 0 Å². The van der Waals surface area contributed by atoms with E-state index in [2.05, 4.69) is 15.6 Å². The Hall–Kier alpha value is -1.03. The van der Waals surface area contributed by atoms with Crippen LogP contribution in [-0.4, -0.2) is 56.0 Å². The van der Waals surface area contributed by atoms with E-state index in [-0.39, 0.29) is 42.2 Å². The van der Waals surface area contributed by atoms with E-state index in [4.69, 9.17) is 0 Å². The number of hydrogen-bond donors (Lipinski definition) is 2. The molecule has 1 aromatic carbocycles. The molecule has 0 aliphatic heterocycles. The number of carbonyl (C=O) groups excluding carboxylic acids is 1. The third-order valence-corrected chi connectivity index (χ3v) is 3.76. The number of thioether (sulfide) groups is 1. The van der Waals surface area contributed by atoms with E-state index >= 15 is 0 Å². The molecule has 0 unspecified atom stereocenters. The van der Waals surface area contributed by atoms with Crippen molar-refractivity contribution in [2.24, 2.45) is 4.99 Å². The maximum Gasteiger partial charge on any atom is 0.241 e. The fourth-order valence-corrected chi connectivity index (χ4v) is 2.04. The first-order valence-corrected chi connectivity index (χ1v) is 8.79. The fraction of sp³-hybridized carbons (Fsp3) is 0.500. The number of benzene rings is 1. The van der Waals surface area contributed by atoms with E-state index in [1.54, 1.807) is 44.9 Å². The normalized spacial score (nSPS) is 10.8. The summed E-state index contributed by atoms with van der Waals surface area (Å²) < 4.78 is 13.3. The van der Waals surface area contributed by atoms with E-state index in [9.17, 15) is 9.18 Å². The van der Waals surface area contributed by atoms with Gasteiger partial charge in [0.1, 0.15) is 5.82 Å². The van der Waals surface area contributed by atoms with Crippen molar-refractivity contribution in [1.82, 2.24) is 15.5 Å². The molecule has 136 valence electrons. The van der Waals surface area contributed by atoms with Gasteiger partial charge in [-0.3, -0.25) is 4.79 Å². The van der Waals surface area contributed by atoms with Crippen LogP contribution < -0.4 is 10.6 Å². The second-order valence-electron chi connectivity index (χ2n) is 5.31. The van der Waals surface area contributed by atoms with Gasteiger partial charge in [-0.15, -0.1) is 24.0 Å². The highest BCUT2D eigenvalue weighted by Crippen LogP contribution is 2.10. The monoisotopic (exact) mass is 468 g/mol. The largest absolute Gasteiger partial charge is 0.356 e. The van der Waals surface area contributed by atoms with E-state index in [0.29, 0.717) is 18.1 Å². The zero-order valence-corrected chi connectivity index (χ0v) is 17.7. The predicted molar refractivity (Wildman–Crippen MR) is 111 cm³/mol. The summed E-state index contributed by atoms with van der Waals surface area (Å²) in [6.07, 6.45) is 2.03. The average Bonchev–Trinajstić information content (AvgIpc) is 2.52. The highest BCUT2D eigenvalue weighted by atomic mass is 127. The first-order chi connectivity index (χ1) is 10.9. The van der Waals surface area contributed by atoms with E-state index in [1.165, 1.54) is 11.0 Å². The van der Waals surface area contributed by atoms with Crippen molar-refractivity contribution in [1.29, 1.82) is 0 Å². The molecule has 0 heterocycles. The Labute approximate surface area is 164 Å². The molecule has 8 heteroatoms. The Morgan fingerprint density at radius 1 is 1.33 bits per heavy atom. The smallest absolute Gasteiger partial charge is 0.241 e. The summed E-state index contributed by atoms with van der Waals surface area (Å²) in [6, 6.07) is 4.95. The molecule has 0 aromatic heterocycles. The van der Waals surface area contributed by atoms with Crippen LogP contribution in [0, 0.1) is 12.7 Å². The van der Waals surface area contributed by atoms with Crippen molar-refractivity contribution < 1.29 is 9.18 Å². The minimum absolute atomic E-state index is 0. The Morgan fingerprint density at radius 3 is 2.62 bits per heavy atom. The van der Waals surface area contributed by atoms with Gasteiger partial charge in [0.15, 0.2) is 5.96 Å². The molecule has 2 N–H and O–H groups in total. The lowest BCUT2D eigenvalue weighted by molar-refractivity contribution is -0.127. The number of nitrogens with zero attached hydrogens (tertiary/aromatic N) is 2. The van der Waals surface area contributed by atoms with E-state index in [1.807, 2.05) is 6.26 Å². The summed E-state index contributed by atoms with van der Waals surface area (Å²) >= 11 is 1.73. The molecule has 0 radical (unpaired) electrons. The molecule has 5 nitrogen and oxygen atoms in total. The Kier molecular flexibility index (Phi) is 11.8. The third-order valence-electron chi connectivity index (χ3n) is 3.15. The van der Waals surface area contributed by atoms with Crippen LogP contribution in [0.25, 0.3) is 0 Å². The summed E-state index contributed by atoms with van der Waals surface area (Å²) in [6.45, 7) is 3.09. The Bertz CT molecular complexity index is 555. The lowest BCUT2D eigenvalue weighted by atomic mass is 10.1. The molecule has 0 atom stereocenters. The van der Waals surface area contributed by atoms with Gasteiger partial charge in [0, 0.05) is 26.4 Å². The summed E-state index contributed by atoms with van der Waals surface area (Å²) in [5, 5.41) is 6.20. The molecule has 0 saturated carbocycles. The minimum Gasteiger partial charge on any atom is -0.356 e. The number of likely N-dealkylation sites (N-methyl/N-ethyl adjacent to an activating group) is 1. The number of carbonyl (C=O) groups is 1. The predicted octanol–water partition coefficient (Wildman–Crippen LogP) is 2.24. The van der Waals surface area contributed by atoms with Gasteiger partial charge in [-0.25, -0.2) is 9.38 Å². The first-order valence-electron chi connectivity index (χ1n) is 7.40. The lowest BCUT2D eigenvalue weighted by Crippen LogP contribution is -2.43. The lowest BCUT2D eigenvalue weighted by Gasteiger charge is -2.14.